The van der Waals surface area contributed by atoms with Crippen LogP contribution in [0.1, 0.15) is 0 Å². The number of thiocarbonyl (C=S) groups is 2. The van der Waals surface area contributed by atoms with E-state index in [1.807, 2.05) is 0 Å². The number of nitrogens with one attached hydrogen (secondary N) is 2. The Bertz CT molecular complexity index is 878. The van der Waals surface area contributed by atoms with Gasteiger partial charge in [0.2, 0.25) is 5.79 Å². The van der Waals surface area contributed by atoms with Crippen LogP contribution < -0.4 is 22.3 Å². The second-order valence-corrected chi connectivity index (χ2v) is 11.1. The van der Waals surface area contributed by atoms with Crippen molar-refractivity contribution in [2.75, 3.05) is 14.2 Å². The topological polar surface area (TPSA) is 119 Å². The van der Waals surface area contributed by atoms with Gasteiger partial charge in [-0.1, -0.05) is 0 Å². The molecule has 158 valence electrons. The number of nitrogens with zero attached hydrogens (tertiary/aromatic N) is 2. The van der Waals surface area contributed by atoms with Crippen molar-refractivity contribution in [1.29, 1.82) is 0 Å². The Kier molecular flexibility index (Phi) is 3.98. The van der Waals surface area contributed by atoms with Crippen LogP contribution in [0, 0.1) is 23.7 Å². The van der Waals surface area contributed by atoms with Gasteiger partial charge >= 0.3 is 0 Å². The fourth-order valence-corrected chi connectivity index (χ4v) is 10.3. The smallest absolute Gasteiger partial charge is 0.211 e. The second-order valence-electron chi connectivity index (χ2n) is 7.81. The van der Waals surface area contributed by atoms with Crippen LogP contribution in [-0.4, -0.2) is 61.2 Å². The van der Waals surface area contributed by atoms with Crippen molar-refractivity contribution in [2.45, 2.75) is 25.3 Å². The van der Waals surface area contributed by atoms with Crippen molar-refractivity contribution < 1.29 is 9.47 Å². The number of hydrogen-bond donors (Lipinski definition) is 4. The van der Waals surface area contributed by atoms with Gasteiger partial charge in [-0.2, -0.15) is 10.2 Å². The fraction of sp³-hybridized carbons (Fsp3) is 0.733. The molecule has 5 rings (SSSR count). The molecule has 0 radical (unpaired) electrons. The van der Waals surface area contributed by atoms with Gasteiger partial charge in [0.1, 0.15) is 19.5 Å². The molecular formula is C15H16Cl4N6O2S2. The van der Waals surface area contributed by atoms with Gasteiger partial charge in [0.05, 0.1) is 0 Å². The summed E-state index contributed by atoms with van der Waals surface area (Å²) in [5.74, 6) is -3.27. The van der Waals surface area contributed by atoms with E-state index < -0.39 is 37.1 Å². The zero-order chi connectivity index (χ0) is 21.4. The molecule has 0 aromatic rings. The van der Waals surface area contributed by atoms with Crippen LogP contribution in [0.2, 0.25) is 0 Å². The summed E-state index contributed by atoms with van der Waals surface area (Å²) in [6, 6.07) is 0. The second kappa shape index (κ2) is 5.58. The maximum absolute atomic E-state index is 7.34. The molecule has 5 fully saturated rings. The minimum atomic E-state index is -1.50. The van der Waals surface area contributed by atoms with E-state index in [1.54, 1.807) is 0 Å². The van der Waals surface area contributed by atoms with Crippen molar-refractivity contribution in [3.63, 3.8) is 0 Å². The zero-order valence-corrected chi connectivity index (χ0v) is 19.7. The largest absolute Gasteiger partial charge is 0.375 e. The Balaban J connectivity index is 1.81. The zero-order valence-electron chi connectivity index (χ0n) is 15.0. The van der Waals surface area contributed by atoms with Gasteiger partial charge in [0, 0.05) is 49.3 Å². The summed E-state index contributed by atoms with van der Waals surface area (Å²) in [5.41, 5.74) is 17.8. The molecule has 0 heterocycles. The number of hydrazone groups is 2. The third kappa shape index (κ3) is 1.56. The number of ether oxygens (including phenoxy) is 2. The van der Waals surface area contributed by atoms with Gasteiger partial charge < -0.3 is 20.9 Å². The summed E-state index contributed by atoms with van der Waals surface area (Å²) in [4.78, 5) is -5.06. The lowest BCUT2D eigenvalue weighted by atomic mass is 9.57. The highest BCUT2D eigenvalue weighted by molar-refractivity contribution is 7.80. The van der Waals surface area contributed by atoms with Crippen molar-refractivity contribution in [3.8, 4) is 0 Å². The van der Waals surface area contributed by atoms with Gasteiger partial charge in [0.15, 0.2) is 10.2 Å². The molecular weight excluding hydrogens is 502 g/mol. The summed E-state index contributed by atoms with van der Waals surface area (Å²) in [6.45, 7) is 0. The summed E-state index contributed by atoms with van der Waals surface area (Å²) in [5, 5.41) is 8.90. The highest BCUT2D eigenvalue weighted by Crippen LogP contribution is 2.95. The van der Waals surface area contributed by atoms with Gasteiger partial charge in [-0.05, 0) is 24.4 Å². The van der Waals surface area contributed by atoms with Crippen molar-refractivity contribution in [3.05, 3.63) is 0 Å². The molecule has 0 spiro atoms. The maximum atomic E-state index is 7.34. The normalized spacial score (nSPS) is 54.3. The van der Waals surface area contributed by atoms with Crippen LogP contribution in [0.3, 0.4) is 0 Å². The van der Waals surface area contributed by atoms with E-state index >= 15 is 0 Å². The number of halogens is 4. The molecule has 0 aliphatic heterocycles. The number of rotatable bonds is 4. The number of fused-ring (bicyclic) bond motifs is 2. The Morgan fingerprint density at radius 3 is 1.38 bits per heavy atom. The van der Waals surface area contributed by atoms with Gasteiger partial charge in [0.25, 0.3) is 0 Å². The van der Waals surface area contributed by atoms with E-state index in [0.29, 0.717) is 11.4 Å². The number of nitrogens with two attached hydrogens (primary N) is 2. The highest BCUT2D eigenvalue weighted by Gasteiger charge is 3.11. The Morgan fingerprint density at radius 2 is 1.10 bits per heavy atom. The maximum Gasteiger partial charge on any atom is 0.211 e. The first kappa shape index (κ1) is 20.7. The molecule has 8 atom stereocenters. The van der Waals surface area contributed by atoms with E-state index in [4.69, 9.17) is 91.8 Å². The molecule has 0 aromatic carbocycles. The third-order valence-electron chi connectivity index (χ3n) is 7.37. The lowest BCUT2D eigenvalue weighted by Crippen LogP contribution is -2.73. The highest BCUT2D eigenvalue weighted by atomic mass is 35.5. The van der Waals surface area contributed by atoms with Crippen LogP contribution in [0.5, 0.6) is 0 Å². The van der Waals surface area contributed by atoms with Crippen LogP contribution >= 0.6 is 70.8 Å². The lowest BCUT2D eigenvalue weighted by molar-refractivity contribution is -0.223. The van der Waals surface area contributed by atoms with Crippen LogP contribution in [0.15, 0.2) is 10.2 Å². The predicted molar refractivity (Wildman–Crippen MR) is 120 cm³/mol. The van der Waals surface area contributed by atoms with Crippen LogP contribution in [-0.2, 0) is 9.47 Å². The number of hydrogen-bond acceptors (Lipinski definition) is 6. The average molecular weight is 518 g/mol. The molecule has 5 saturated carbocycles. The molecule has 29 heavy (non-hydrogen) atoms. The molecule has 14 heteroatoms. The molecule has 0 amide bonds. The molecule has 0 saturated heterocycles. The van der Waals surface area contributed by atoms with Gasteiger partial charge in [-0.25, -0.2) is 0 Å². The summed E-state index contributed by atoms with van der Waals surface area (Å²) >= 11 is 39.0. The minimum Gasteiger partial charge on any atom is -0.375 e. The first-order valence-electron chi connectivity index (χ1n) is 8.59. The van der Waals surface area contributed by atoms with Crippen molar-refractivity contribution in [2.24, 2.45) is 45.3 Å². The molecule has 5 aliphatic rings. The molecule has 8 nitrogen and oxygen atoms in total. The quantitative estimate of drug-likeness (QED) is 0.187. The molecule has 2 bridgehead atoms. The first-order chi connectivity index (χ1) is 13.5. The SMILES string of the molecule is COC1(OC)[C@@]2(Cl)[C@@H]3C(=NNC(N)=S)[C@@H]4[C@@H]5C(=NNC(N)=S)[C@@H]3[C@@]1(Cl)[C@@]5(Cl)[C@]42Cl. The van der Waals surface area contributed by atoms with E-state index in [9.17, 15) is 0 Å². The number of methoxy groups -OCH3 is 2. The Hall–Kier alpha value is -0.200. The Labute approximate surface area is 196 Å². The minimum absolute atomic E-state index is 0.0121. The van der Waals surface area contributed by atoms with Gasteiger partial charge in [-0.15, -0.1) is 46.4 Å². The van der Waals surface area contributed by atoms with E-state index in [0.717, 1.165) is 0 Å². The fourth-order valence-electron chi connectivity index (χ4n) is 6.94. The van der Waals surface area contributed by atoms with E-state index in [-0.39, 0.29) is 22.1 Å². The number of alkyl halides is 4. The van der Waals surface area contributed by atoms with Gasteiger partial charge in [-0.3, -0.25) is 10.9 Å². The first-order valence-corrected chi connectivity index (χ1v) is 10.9. The van der Waals surface area contributed by atoms with Crippen molar-refractivity contribution >= 4 is 92.5 Å². The third-order valence-corrected chi connectivity index (χ3v) is 11.1. The summed E-state index contributed by atoms with van der Waals surface area (Å²) in [6.07, 6.45) is 0. The Morgan fingerprint density at radius 1 is 0.793 bits per heavy atom. The summed E-state index contributed by atoms with van der Waals surface area (Å²) < 4.78 is 11.8. The molecule has 6 N–H and O–H groups in total. The summed E-state index contributed by atoms with van der Waals surface area (Å²) in [7, 11) is 2.94. The lowest BCUT2D eigenvalue weighted by Gasteiger charge is -2.58. The predicted octanol–water partition coefficient (Wildman–Crippen LogP) is 0.797. The van der Waals surface area contributed by atoms with E-state index in [2.05, 4.69) is 21.1 Å². The molecule has 5 aliphatic carbocycles. The molecule has 0 aromatic heterocycles. The average Bonchev–Trinajstić information content (AvgIpc) is 2.96. The van der Waals surface area contributed by atoms with Crippen LogP contribution in [0.4, 0.5) is 0 Å². The van der Waals surface area contributed by atoms with E-state index in [1.165, 1.54) is 14.2 Å². The molecule has 0 unspecified atom stereocenters. The standard InChI is InChI=1S/C15H16Cl4N6O2S2/c1-26-15(27-2)13(18)5-6-8(23-25-10(21)29)4-3(7(5)22-24-9(20)28)11(13,16)12(4,17)14(6,15)19/h3-6H,1-2H3,(H3,20,24,28)(H3,21,25,29)/t3-,4+,5-,6+,11+,12-,13-,14-/m1/s1. The van der Waals surface area contributed by atoms with Crippen molar-refractivity contribution in [1.82, 2.24) is 10.9 Å². The monoisotopic (exact) mass is 516 g/mol. The van der Waals surface area contributed by atoms with Crippen LogP contribution in [0.25, 0.3) is 0 Å².